The molecular weight excluding hydrogens is 364 g/mol. The van der Waals surface area contributed by atoms with Crippen molar-refractivity contribution in [2.24, 2.45) is 10.8 Å². The van der Waals surface area contributed by atoms with E-state index in [2.05, 4.69) is 37.6 Å². The molecule has 2 rings (SSSR count). The van der Waals surface area contributed by atoms with Crippen molar-refractivity contribution >= 4 is 39.5 Å². The lowest BCUT2D eigenvalue weighted by Gasteiger charge is -2.00. The topological polar surface area (TPSA) is 92.0 Å². The SMILES string of the molecule is N#CCCn1nc(-c2ccc(Br)cc2)cc1/C=N/NC(N)=S. The highest BCUT2D eigenvalue weighted by molar-refractivity contribution is 9.10. The lowest BCUT2D eigenvalue weighted by Crippen LogP contribution is -2.24. The molecule has 1 heterocycles. The first-order chi connectivity index (χ1) is 10.6. The van der Waals surface area contributed by atoms with E-state index in [1.54, 1.807) is 10.9 Å². The fourth-order valence-electron chi connectivity index (χ4n) is 1.79. The summed E-state index contributed by atoms with van der Waals surface area (Å²) in [5, 5.41) is 17.3. The largest absolute Gasteiger partial charge is 0.375 e. The van der Waals surface area contributed by atoms with E-state index in [-0.39, 0.29) is 5.11 Å². The molecule has 0 saturated heterocycles. The normalized spacial score (nSPS) is 10.5. The van der Waals surface area contributed by atoms with Gasteiger partial charge in [0, 0.05) is 10.0 Å². The molecule has 0 saturated carbocycles. The van der Waals surface area contributed by atoms with Crippen LogP contribution >= 0.6 is 28.1 Å². The van der Waals surface area contributed by atoms with Gasteiger partial charge in [0.2, 0.25) is 0 Å². The van der Waals surface area contributed by atoms with E-state index in [0.717, 1.165) is 21.4 Å². The van der Waals surface area contributed by atoms with Crippen LogP contribution in [-0.4, -0.2) is 21.1 Å². The predicted octanol–water partition coefficient (Wildman–Crippen LogP) is 2.39. The van der Waals surface area contributed by atoms with Crippen LogP contribution in [0.3, 0.4) is 0 Å². The summed E-state index contributed by atoms with van der Waals surface area (Å²) >= 11 is 8.10. The minimum Gasteiger partial charge on any atom is -0.375 e. The van der Waals surface area contributed by atoms with Gasteiger partial charge in [-0.05, 0) is 30.4 Å². The van der Waals surface area contributed by atoms with Gasteiger partial charge in [0.15, 0.2) is 5.11 Å². The van der Waals surface area contributed by atoms with Crippen molar-refractivity contribution in [3.63, 3.8) is 0 Å². The second kappa shape index (κ2) is 7.68. The van der Waals surface area contributed by atoms with Gasteiger partial charge in [-0.15, -0.1) is 0 Å². The molecule has 0 aliphatic carbocycles. The number of aryl methyl sites for hydroxylation is 1. The second-order valence-corrected chi connectivity index (χ2v) is 5.68. The van der Waals surface area contributed by atoms with Gasteiger partial charge in [-0.25, -0.2) is 0 Å². The van der Waals surface area contributed by atoms with Crippen molar-refractivity contribution in [1.82, 2.24) is 15.2 Å². The molecule has 3 N–H and O–H groups in total. The van der Waals surface area contributed by atoms with Crippen LogP contribution in [0.5, 0.6) is 0 Å². The Morgan fingerprint density at radius 2 is 2.23 bits per heavy atom. The Bertz CT molecular complexity index is 729. The number of nitrogens with zero attached hydrogens (tertiary/aromatic N) is 4. The Balaban J connectivity index is 2.30. The van der Waals surface area contributed by atoms with Gasteiger partial charge in [0.25, 0.3) is 0 Å². The first-order valence-corrected chi connectivity index (χ1v) is 7.59. The Hall–Kier alpha value is -2.24. The van der Waals surface area contributed by atoms with Gasteiger partial charge < -0.3 is 5.73 Å². The third kappa shape index (κ3) is 4.38. The van der Waals surface area contributed by atoms with Crippen molar-refractivity contribution in [2.45, 2.75) is 13.0 Å². The number of nitrogens with one attached hydrogen (secondary N) is 1. The van der Waals surface area contributed by atoms with Crippen molar-refractivity contribution in [3.8, 4) is 17.3 Å². The fraction of sp³-hybridized carbons (Fsp3) is 0.143. The molecule has 0 unspecified atom stereocenters. The lowest BCUT2D eigenvalue weighted by molar-refractivity contribution is 0.625. The zero-order valence-corrected chi connectivity index (χ0v) is 13.9. The smallest absolute Gasteiger partial charge is 0.184 e. The van der Waals surface area contributed by atoms with Crippen molar-refractivity contribution < 1.29 is 0 Å². The molecule has 22 heavy (non-hydrogen) atoms. The molecule has 0 atom stereocenters. The molecule has 1 aromatic heterocycles. The first kappa shape index (κ1) is 16.1. The fourth-order valence-corrected chi connectivity index (χ4v) is 2.11. The molecule has 2 aromatic rings. The van der Waals surface area contributed by atoms with Crippen LogP contribution in [0.25, 0.3) is 11.3 Å². The number of benzene rings is 1. The number of thiocarbonyl (C=S) groups is 1. The standard InChI is InChI=1S/C14H13BrN6S/c15-11-4-2-10(3-5-11)13-8-12(9-18-19-14(17)22)21(20-13)7-1-6-16/h2-5,8-9H,1,7H2,(H3,17,19,22)/b18-9+. The molecule has 6 nitrogen and oxygen atoms in total. The number of hydrogen-bond acceptors (Lipinski definition) is 4. The lowest BCUT2D eigenvalue weighted by atomic mass is 10.1. The summed E-state index contributed by atoms with van der Waals surface area (Å²) in [4.78, 5) is 0. The highest BCUT2D eigenvalue weighted by atomic mass is 79.9. The van der Waals surface area contributed by atoms with Crippen LogP contribution in [0, 0.1) is 11.3 Å². The van der Waals surface area contributed by atoms with Gasteiger partial charge in [-0.1, -0.05) is 28.1 Å². The predicted molar refractivity (Wildman–Crippen MR) is 93.1 cm³/mol. The molecule has 0 aliphatic heterocycles. The number of aromatic nitrogens is 2. The van der Waals surface area contributed by atoms with Crippen LogP contribution in [0.15, 0.2) is 39.9 Å². The number of hydrogen-bond donors (Lipinski definition) is 2. The van der Waals surface area contributed by atoms with E-state index < -0.39 is 0 Å². The van der Waals surface area contributed by atoms with E-state index in [1.807, 2.05) is 30.3 Å². The van der Waals surface area contributed by atoms with E-state index in [1.165, 1.54) is 0 Å². The summed E-state index contributed by atoms with van der Waals surface area (Å²) in [6.45, 7) is 0.488. The summed E-state index contributed by atoms with van der Waals surface area (Å²) in [6.07, 6.45) is 1.94. The number of nitriles is 1. The summed E-state index contributed by atoms with van der Waals surface area (Å²) < 4.78 is 2.73. The highest BCUT2D eigenvalue weighted by Crippen LogP contribution is 2.21. The second-order valence-electron chi connectivity index (χ2n) is 4.33. The van der Waals surface area contributed by atoms with Crippen LogP contribution in [-0.2, 0) is 6.54 Å². The van der Waals surface area contributed by atoms with E-state index in [9.17, 15) is 0 Å². The van der Waals surface area contributed by atoms with Crippen LogP contribution in [0.2, 0.25) is 0 Å². The Morgan fingerprint density at radius 3 is 2.86 bits per heavy atom. The minimum absolute atomic E-state index is 0.0903. The van der Waals surface area contributed by atoms with Crippen LogP contribution < -0.4 is 11.2 Å². The minimum atomic E-state index is 0.0903. The molecule has 0 aliphatic rings. The zero-order chi connectivity index (χ0) is 15.9. The van der Waals surface area contributed by atoms with Gasteiger partial charge in [0.05, 0.1) is 36.6 Å². The van der Waals surface area contributed by atoms with E-state index in [0.29, 0.717) is 13.0 Å². The van der Waals surface area contributed by atoms with Crippen LogP contribution in [0.4, 0.5) is 0 Å². The maximum atomic E-state index is 8.75. The summed E-state index contributed by atoms with van der Waals surface area (Å²) in [6, 6.07) is 11.8. The first-order valence-electron chi connectivity index (χ1n) is 6.39. The highest BCUT2D eigenvalue weighted by Gasteiger charge is 2.08. The van der Waals surface area contributed by atoms with Crippen LogP contribution in [0.1, 0.15) is 12.1 Å². The molecular formula is C14H13BrN6S. The van der Waals surface area contributed by atoms with Gasteiger partial charge in [0.1, 0.15) is 0 Å². The van der Waals surface area contributed by atoms with E-state index in [4.69, 9.17) is 23.2 Å². The molecule has 0 spiro atoms. The Labute approximate surface area is 141 Å². The van der Waals surface area contributed by atoms with E-state index >= 15 is 0 Å². The maximum Gasteiger partial charge on any atom is 0.184 e. The number of nitrogens with two attached hydrogens (primary N) is 1. The number of rotatable bonds is 5. The monoisotopic (exact) mass is 376 g/mol. The van der Waals surface area contributed by atoms with Crippen molar-refractivity contribution in [1.29, 1.82) is 5.26 Å². The zero-order valence-electron chi connectivity index (χ0n) is 11.5. The average Bonchev–Trinajstić information content (AvgIpc) is 2.88. The average molecular weight is 377 g/mol. The molecule has 0 fully saturated rings. The molecule has 0 amide bonds. The number of hydrazone groups is 1. The van der Waals surface area contributed by atoms with Gasteiger partial charge >= 0.3 is 0 Å². The maximum absolute atomic E-state index is 8.75. The molecule has 1 aromatic carbocycles. The molecule has 0 bridgehead atoms. The van der Waals surface area contributed by atoms with Crippen molar-refractivity contribution in [2.75, 3.05) is 0 Å². The molecule has 0 radical (unpaired) electrons. The summed E-state index contributed by atoms with van der Waals surface area (Å²) in [5.41, 5.74) is 10.4. The van der Waals surface area contributed by atoms with Gasteiger partial charge in [-0.3, -0.25) is 10.1 Å². The molecule has 8 heteroatoms. The van der Waals surface area contributed by atoms with Crippen molar-refractivity contribution in [3.05, 3.63) is 40.5 Å². The van der Waals surface area contributed by atoms with Gasteiger partial charge in [-0.2, -0.15) is 15.5 Å². The Morgan fingerprint density at radius 1 is 1.50 bits per heavy atom. The summed E-state index contributed by atoms with van der Waals surface area (Å²) in [5.74, 6) is 0. The quantitative estimate of drug-likeness (QED) is 0.474. The molecule has 112 valence electrons. The number of halogens is 1. The third-order valence-electron chi connectivity index (χ3n) is 2.76. The summed E-state index contributed by atoms with van der Waals surface area (Å²) in [7, 11) is 0. The third-order valence-corrected chi connectivity index (χ3v) is 3.38. The Kier molecular flexibility index (Phi) is 5.63.